The molecule has 1 aliphatic rings. The number of nitrogens with zero attached hydrogens (tertiary/aromatic N) is 2. The summed E-state index contributed by atoms with van der Waals surface area (Å²) in [4.78, 5) is 26.8. The summed E-state index contributed by atoms with van der Waals surface area (Å²) in [5.74, 6) is -0.433. The Balaban J connectivity index is 1.77. The molecule has 0 aliphatic carbocycles. The Morgan fingerprint density at radius 1 is 1.33 bits per heavy atom. The summed E-state index contributed by atoms with van der Waals surface area (Å²) < 4.78 is 10.3. The third-order valence-electron chi connectivity index (χ3n) is 4.31. The Hall–Kier alpha value is -2.63. The van der Waals surface area contributed by atoms with Gasteiger partial charge < -0.3 is 14.2 Å². The number of benzene rings is 1. The lowest BCUT2D eigenvalue weighted by Crippen LogP contribution is -2.43. The lowest BCUT2D eigenvalue weighted by atomic mass is 10.1. The van der Waals surface area contributed by atoms with Crippen molar-refractivity contribution in [1.29, 1.82) is 0 Å². The van der Waals surface area contributed by atoms with Gasteiger partial charge in [-0.25, -0.2) is 4.79 Å². The molecule has 24 heavy (non-hydrogen) atoms. The quantitative estimate of drug-likeness (QED) is 0.810. The molecule has 0 spiro atoms. The van der Waals surface area contributed by atoms with Gasteiger partial charge in [0.05, 0.1) is 5.69 Å². The number of ether oxygens (including phenoxy) is 1. The minimum absolute atomic E-state index is 0.0371. The van der Waals surface area contributed by atoms with Crippen LogP contribution in [0.5, 0.6) is 0 Å². The Morgan fingerprint density at radius 2 is 2.04 bits per heavy atom. The number of hydrogen-bond donors (Lipinski definition) is 0. The molecule has 0 saturated heterocycles. The maximum Gasteiger partial charge on any atom is 0.344 e. The Labute approximate surface area is 140 Å². The highest BCUT2D eigenvalue weighted by atomic mass is 16.5. The molecule has 0 N–H and O–H groups in total. The lowest BCUT2D eigenvalue weighted by molar-refractivity contribution is -0.126. The molecule has 6 nitrogen and oxygen atoms in total. The molecule has 1 amide bonds. The highest BCUT2D eigenvalue weighted by molar-refractivity contribution is 6.01. The van der Waals surface area contributed by atoms with E-state index in [0.717, 1.165) is 17.7 Å². The van der Waals surface area contributed by atoms with Gasteiger partial charge in [-0.2, -0.15) is 0 Å². The number of para-hydroxylation sites is 1. The first-order valence-corrected chi connectivity index (χ1v) is 7.95. The zero-order valence-electron chi connectivity index (χ0n) is 14.2. The van der Waals surface area contributed by atoms with Crippen LogP contribution >= 0.6 is 0 Å². The summed E-state index contributed by atoms with van der Waals surface area (Å²) in [6, 6.07) is 7.83. The van der Waals surface area contributed by atoms with Crippen molar-refractivity contribution >= 4 is 17.6 Å². The van der Waals surface area contributed by atoms with Crippen molar-refractivity contribution in [2.24, 2.45) is 0 Å². The summed E-state index contributed by atoms with van der Waals surface area (Å²) >= 11 is 0. The van der Waals surface area contributed by atoms with Crippen LogP contribution in [0.15, 0.2) is 28.8 Å². The standard InChI is InChI=1S/C18H20N2O4/c1-10-9-14-7-5-6-8-15(14)20(10)17(21)13(4)23-18(22)16-11(2)19-24-12(16)3/h5-8,10,13H,9H2,1-4H3/t10-,13+/m0/s1. The van der Waals surface area contributed by atoms with Crippen LogP contribution in [0.25, 0.3) is 0 Å². The van der Waals surface area contributed by atoms with E-state index in [1.165, 1.54) is 0 Å². The molecule has 0 unspecified atom stereocenters. The van der Waals surface area contributed by atoms with Crippen LogP contribution in [-0.2, 0) is 16.0 Å². The van der Waals surface area contributed by atoms with Gasteiger partial charge in [0.25, 0.3) is 5.91 Å². The largest absolute Gasteiger partial charge is 0.449 e. The van der Waals surface area contributed by atoms with Crippen LogP contribution in [0.1, 0.15) is 41.2 Å². The van der Waals surface area contributed by atoms with Gasteiger partial charge in [0.15, 0.2) is 6.10 Å². The zero-order valence-corrected chi connectivity index (χ0v) is 14.2. The van der Waals surface area contributed by atoms with Crippen LogP contribution in [0.2, 0.25) is 0 Å². The topological polar surface area (TPSA) is 72.6 Å². The number of aryl methyl sites for hydroxylation is 2. The molecule has 0 saturated carbocycles. The zero-order chi connectivity index (χ0) is 17.4. The highest BCUT2D eigenvalue weighted by Crippen LogP contribution is 2.32. The third kappa shape index (κ3) is 2.68. The molecule has 126 valence electrons. The fraction of sp³-hybridized carbons (Fsp3) is 0.389. The molecular formula is C18H20N2O4. The molecule has 2 heterocycles. The molecule has 2 atom stereocenters. The second-order valence-electron chi connectivity index (χ2n) is 6.14. The van der Waals surface area contributed by atoms with Crippen LogP contribution in [0.4, 0.5) is 5.69 Å². The van der Waals surface area contributed by atoms with Gasteiger partial charge in [-0.05, 0) is 45.7 Å². The fourth-order valence-corrected chi connectivity index (χ4v) is 3.14. The van der Waals surface area contributed by atoms with Crippen LogP contribution in [0.3, 0.4) is 0 Å². The van der Waals surface area contributed by atoms with E-state index in [1.807, 2.05) is 31.2 Å². The second-order valence-corrected chi connectivity index (χ2v) is 6.14. The maximum atomic E-state index is 12.8. The van der Waals surface area contributed by atoms with Gasteiger partial charge in [0.2, 0.25) is 0 Å². The maximum absolute atomic E-state index is 12.8. The van der Waals surface area contributed by atoms with Gasteiger partial charge in [-0.15, -0.1) is 0 Å². The lowest BCUT2D eigenvalue weighted by Gasteiger charge is -2.25. The van der Waals surface area contributed by atoms with Crippen LogP contribution in [0, 0.1) is 13.8 Å². The normalized spacial score (nSPS) is 17.5. The minimum Gasteiger partial charge on any atom is -0.449 e. The van der Waals surface area contributed by atoms with Gasteiger partial charge in [0, 0.05) is 11.7 Å². The first kappa shape index (κ1) is 16.2. The van der Waals surface area contributed by atoms with Crippen LogP contribution in [-0.4, -0.2) is 29.2 Å². The monoisotopic (exact) mass is 328 g/mol. The summed E-state index contributed by atoms with van der Waals surface area (Å²) in [7, 11) is 0. The Kier molecular flexibility index (Phi) is 4.13. The number of rotatable bonds is 3. The molecule has 3 rings (SSSR count). The summed E-state index contributed by atoms with van der Waals surface area (Å²) in [6.07, 6.45) is -0.0910. The van der Waals surface area contributed by atoms with Crippen molar-refractivity contribution in [3.63, 3.8) is 0 Å². The van der Waals surface area contributed by atoms with Gasteiger partial charge in [0.1, 0.15) is 11.3 Å². The van der Waals surface area contributed by atoms with Crippen molar-refractivity contribution < 1.29 is 18.8 Å². The number of anilines is 1. The summed E-state index contributed by atoms with van der Waals surface area (Å²) in [6.45, 7) is 6.88. The molecule has 1 aromatic heterocycles. The van der Waals surface area contributed by atoms with E-state index in [1.54, 1.807) is 25.7 Å². The van der Waals surface area contributed by atoms with E-state index in [-0.39, 0.29) is 17.5 Å². The first-order valence-electron chi connectivity index (χ1n) is 7.95. The summed E-state index contributed by atoms with van der Waals surface area (Å²) in [5, 5.41) is 3.74. The van der Waals surface area contributed by atoms with Gasteiger partial charge in [-0.1, -0.05) is 23.4 Å². The van der Waals surface area contributed by atoms with Crippen molar-refractivity contribution in [2.45, 2.75) is 46.3 Å². The van der Waals surface area contributed by atoms with E-state index in [2.05, 4.69) is 5.16 Å². The third-order valence-corrected chi connectivity index (χ3v) is 4.31. The number of fused-ring (bicyclic) bond motifs is 1. The van der Waals surface area contributed by atoms with Gasteiger partial charge in [-0.3, -0.25) is 4.79 Å². The van der Waals surface area contributed by atoms with E-state index >= 15 is 0 Å². The van der Waals surface area contributed by atoms with Crippen molar-refractivity contribution in [2.75, 3.05) is 4.90 Å². The molecule has 0 radical (unpaired) electrons. The average molecular weight is 328 g/mol. The number of hydrogen-bond acceptors (Lipinski definition) is 5. The van der Waals surface area contributed by atoms with Gasteiger partial charge >= 0.3 is 5.97 Å². The predicted octanol–water partition coefficient (Wildman–Crippen LogP) is 2.81. The Bertz CT molecular complexity index is 777. The smallest absolute Gasteiger partial charge is 0.344 e. The molecule has 1 aromatic carbocycles. The number of carbonyl (C=O) groups excluding carboxylic acids is 2. The van der Waals surface area contributed by atoms with Crippen molar-refractivity contribution in [3.05, 3.63) is 46.8 Å². The average Bonchev–Trinajstić information content (AvgIpc) is 3.05. The highest BCUT2D eigenvalue weighted by Gasteiger charge is 2.35. The molecule has 0 bridgehead atoms. The second kappa shape index (κ2) is 6.11. The Morgan fingerprint density at radius 3 is 2.71 bits per heavy atom. The SMILES string of the molecule is Cc1noc(C)c1C(=O)O[C@H](C)C(=O)N1c2ccccc2C[C@@H]1C. The van der Waals surface area contributed by atoms with E-state index < -0.39 is 12.1 Å². The summed E-state index contributed by atoms with van der Waals surface area (Å²) in [5.41, 5.74) is 2.75. The molecular weight excluding hydrogens is 308 g/mol. The van der Waals surface area contributed by atoms with E-state index in [4.69, 9.17) is 9.26 Å². The predicted molar refractivity (Wildman–Crippen MR) is 87.9 cm³/mol. The number of amides is 1. The minimum atomic E-state index is -0.889. The number of carbonyl (C=O) groups is 2. The number of aromatic nitrogens is 1. The molecule has 0 fully saturated rings. The number of esters is 1. The van der Waals surface area contributed by atoms with E-state index in [0.29, 0.717) is 11.5 Å². The van der Waals surface area contributed by atoms with E-state index in [9.17, 15) is 9.59 Å². The van der Waals surface area contributed by atoms with Crippen molar-refractivity contribution in [3.8, 4) is 0 Å². The fourth-order valence-electron chi connectivity index (χ4n) is 3.14. The molecule has 2 aromatic rings. The molecule has 6 heteroatoms. The van der Waals surface area contributed by atoms with Crippen molar-refractivity contribution in [1.82, 2.24) is 5.16 Å². The first-order chi connectivity index (χ1) is 11.4. The molecule has 1 aliphatic heterocycles. The van der Waals surface area contributed by atoms with Crippen LogP contribution < -0.4 is 4.90 Å².